The van der Waals surface area contributed by atoms with E-state index in [4.69, 9.17) is 5.73 Å². The quantitative estimate of drug-likeness (QED) is 0.803. The fourth-order valence-corrected chi connectivity index (χ4v) is 1.83. The summed E-state index contributed by atoms with van der Waals surface area (Å²) < 4.78 is 0. The molecule has 0 aliphatic heterocycles. The highest BCUT2D eigenvalue weighted by Crippen LogP contribution is 2.27. The van der Waals surface area contributed by atoms with Gasteiger partial charge in [0, 0.05) is 26.3 Å². The van der Waals surface area contributed by atoms with E-state index in [2.05, 4.69) is 14.9 Å². The molecule has 0 amide bonds. The predicted molar refractivity (Wildman–Crippen MR) is 60.5 cm³/mol. The number of nitrogens with two attached hydrogens (primary N) is 1. The minimum absolute atomic E-state index is 0.479. The van der Waals surface area contributed by atoms with Gasteiger partial charge in [0.15, 0.2) is 0 Å². The summed E-state index contributed by atoms with van der Waals surface area (Å²) in [5.41, 5.74) is 6.45. The Kier molecular flexibility index (Phi) is 3.16. The summed E-state index contributed by atoms with van der Waals surface area (Å²) >= 11 is 0. The van der Waals surface area contributed by atoms with E-state index in [0.717, 1.165) is 24.1 Å². The molecule has 0 spiro atoms. The molecule has 0 bridgehead atoms. The van der Waals surface area contributed by atoms with Crippen LogP contribution in [-0.2, 0) is 6.54 Å². The average Bonchev–Trinajstić information content (AvgIpc) is 2.23. The first-order chi connectivity index (χ1) is 7.29. The third-order valence-electron chi connectivity index (χ3n) is 3.01. The smallest absolute Gasteiger partial charge is 0.225 e. The summed E-state index contributed by atoms with van der Waals surface area (Å²) in [4.78, 5) is 10.8. The fourth-order valence-electron chi connectivity index (χ4n) is 1.83. The summed E-state index contributed by atoms with van der Waals surface area (Å²) in [6.07, 6.45) is 5.85. The molecular formula is C11H18N4. The Morgan fingerprint density at radius 1 is 1.53 bits per heavy atom. The minimum atomic E-state index is 0.479. The predicted octanol–water partition coefficient (Wildman–Crippen LogP) is 1.17. The molecule has 4 nitrogen and oxygen atoms in total. The van der Waals surface area contributed by atoms with E-state index < -0.39 is 0 Å². The van der Waals surface area contributed by atoms with E-state index in [-0.39, 0.29) is 0 Å². The van der Waals surface area contributed by atoms with Crippen LogP contribution in [0.1, 0.15) is 25.0 Å². The zero-order chi connectivity index (χ0) is 10.7. The van der Waals surface area contributed by atoms with Crippen LogP contribution in [0.15, 0.2) is 12.3 Å². The number of rotatable bonds is 4. The topological polar surface area (TPSA) is 55.0 Å². The molecule has 2 rings (SSSR count). The Labute approximate surface area is 90.5 Å². The second-order valence-corrected chi connectivity index (χ2v) is 4.23. The summed E-state index contributed by atoms with van der Waals surface area (Å²) in [6.45, 7) is 1.54. The lowest BCUT2D eigenvalue weighted by Crippen LogP contribution is -2.30. The molecule has 1 aliphatic rings. The zero-order valence-electron chi connectivity index (χ0n) is 9.19. The van der Waals surface area contributed by atoms with Gasteiger partial charge in [0.25, 0.3) is 0 Å². The molecule has 15 heavy (non-hydrogen) atoms. The molecule has 82 valence electrons. The lowest BCUT2D eigenvalue weighted by molar-refractivity contribution is 0.320. The number of anilines is 1. The van der Waals surface area contributed by atoms with Gasteiger partial charge >= 0.3 is 0 Å². The van der Waals surface area contributed by atoms with Crippen molar-refractivity contribution in [2.45, 2.75) is 25.8 Å². The summed E-state index contributed by atoms with van der Waals surface area (Å²) in [5.74, 6) is 1.63. The molecule has 1 aliphatic carbocycles. The van der Waals surface area contributed by atoms with Crippen molar-refractivity contribution in [1.82, 2.24) is 9.97 Å². The Bertz CT molecular complexity index is 322. The van der Waals surface area contributed by atoms with Crippen molar-refractivity contribution in [3.63, 3.8) is 0 Å². The van der Waals surface area contributed by atoms with Crippen molar-refractivity contribution in [1.29, 1.82) is 0 Å². The molecule has 0 radical (unpaired) electrons. The zero-order valence-corrected chi connectivity index (χ0v) is 9.19. The van der Waals surface area contributed by atoms with Gasteiger partial charge in [-0.1, -0.05) is 6.42 Å². The van der Waals surface area contributed by atoms with E-state index in [1.165, 1.54) is 19.3 Å². The second kappa shape index (κ2) is 4.57. The molecule has 1 fully saturated rings. The molecule has 0 atom stereocenters. The lowest BCUT2D eigenvalue weighted by atomic mass is 9.85. The van der Waals surface area contributed by atoms with Crippen LogP contribution in [0.3, 0.4) is 0 Å². The normalized spacial score (nSPS) is 16.1. The van der Waals surface area contributed by atoms with Gasteiger partial charge in [-0.3, -0.25) is 0 Å². The van der Waals surface area contributed by atoms with Crippen molar-refractivity contribution in [3.05, 3.63) is 18.0 Å². The Balaban J connectivity index is 1.99. The van der Waals surface area contributed by atoms with Crippen molar-refractivity contribution < 1.29 is 0 Å². The van der Waals surface area contributed by atoms with E-state index in [1.54, 1.807) is 6.20 Å². The second-order valence-electron chi connectivity index (χ2n) is 4.23. The van der Waals surface area contributed by atoms with Crippen LogP contribution in [0.4, 0.5) is 5.95 Å². The maximum Gasteiger partial charge on any atom is 0.225 e. The fraction of sp³-hybridized carbons (Fsp3) is 0.636. The van der Waals surface area contributed by atoms with Gasteiger partial charge in [-0.15, -0.1) is 0 Å². The van der Waals surface area contributed by atoms with E-state index in [1.807, 2.05) is 13.1 Å². The van der Waals surface area contributed by atoms with E-state index in [0.29, 0.717) is 6.54 Å². The van der Waals surface area contributed by atoms with Crippen LogP contribution in [-0.4, -0.2) is 23.6 Å². The highest BCUT2D eigenvalue weighted by molar-refractivity contribution is 5.28. The van der Waals surface area contributed by atoms with Gasteiger partial charge in [0.05, 0.1) is 5.69 Å². The summed E-state index contributed by atoms with van der Waals surface area (Å²) in [6, 6.07) is 1.86. The number of aromatic nitrogens is 2. The third-order valence-corrected chi connectivity index (χ3v) is 3.01. The standard InChI is InChI=1S/C11H18N4/c1-15(8-9-3-2-4-9)11-13-6-5-10(7-12)14-11/h5-6,9H,2-4,7-8,12H2,1H3. The van der Waals surface area contributed by atoms with Gasteiger partial charge in [-0.05, 0) is 24.8 Å². The molecule has 1 aromatic heterocycles. The molecular weight excluding hydrogens is 188 g/mol. The minimum Gasteiger partial charge on any atom is -0.344 e. The van der Waals surface area contributed by atoms with Gasteiger partial charge in [-0.2, -0.15) is 0 Å². The molecule has 0 aromatic carbocycles. The van der Waals surface area contributed by atoms with Crippen molar-refractivity contribution >= 4 is 5.95 Å². The highest BCUT2D eigenvalue weighted by atomic mass is 15.2. The van der Waals surface area contributed by atoms with Crippen molar-refractivity contribution in [2.24, 2.45) is 11.7 Å². The van der Waals surface area contributed by atoms with Gasteiger partial charge < -0.3 is 10.6 Å². The van der Waals surface area contributed by atoms with Crippen LogP contribution < -0.4 is 10.6 Å². The van der Waals surface area contributed by atoms with Gasteiger partial charge in [0.1, 0.15) is 0 Å². The number of nitrogens with zero attached hydrogens (tertiary/aromatic N) is 3. The van der Waals surface area contributed by atoms with E-state index in [9.17, 15) is 0 Å². The van der Waals surface area contributed by atoms with E-state index >= 15 is 0 Å². The number of hydrogen-bond acceptors (Lipinski definition) is 4. The lowest BCUT2D eigenvalue weighted by Gasteiger charge is -2.30. The first kappa shape index (κ1) is 10.4. The third kappa shape index (κ3) is 2.45. The Hall–Kier alpha value is -1.16. The number of hydrogen-bond donors (Lipinski definition) is 1. The average molecular weight is 206 g/mol. The SMILES string of the molecule is CN(CC1CCC1)c1nccc(CN)n1. The molecule has 1 heterocycles. The Morgan fingerprint density at radius 2 is 2.33 bits per heavy atom. The van der Waals surface area contributed by atoms with Crippen LogP contribution in [0.25, 0.3) is 0 Å². The van der Waals surface area contributed by atoms with Crippen molar-refractivity contribution in [2.75, 3.05) is 18.5 Å². The van der Waals surface area contributed by atoms with Crippen LogP contribution in [0.2, 0.25) is 0 Å². The molecule has 0 saturated heterocycles. The van der Waals surface area contributed by atoms with Crippen LogP contribution >= 0.6 is 0 Å². The Morgan fingerprint density at radius 3 is 2.93 bits per heavy atom. The summed E-state index contributed by atoms with van der Waals surface area (Å²) in [7, 11) is 2.05. The van der Waals surface area contributed by atoms with Crippen LogP contribution in [0.5, 0.6) is 0 Å². The first-order valence-electron chi connectivity index (χ1n) is 5.52. The monoisotopic (exact) mass is 206 g/mol. The van der Waals surface area contributed by atoms with Crippen LogP contribution in [0, 0.1) is 5.92 Å². The highest BCUT2D eigenvalue weighted by Gasteiger charge is 2.20. The molecule has 1 saturated carbocycles. The van der Waals surface area contributed by atoms with Gasteiger partial charge in [-0.25, -0.2) is 9.97 Å². The van der Waals surface area contributed by atoms with Crippen molar-refractivity contribution in [3.8, 4) is 0 Å². The summed E-state index contributed by atoms with van der Waals surface area (Å²) in [5, 5.41) is 0. The molecule has 0 unspecified atom stereocenters. The first-order valence-corrected chi connectivity index (χ1v) is 5.52. The maximum atomic E-state index is 5.55. The molecule has 2 N–H and O–H groups in total. The van der Waals surface area contributed by atoms with Gasteiger partial charge in [0.2, 0.25) is 5.95 Å². The molecule has 4 heteroatoms. The maximum absolute atomic E-state index is 5.55. The molecule has 1 aromatic rings. The largest absolute Gasteiger partial charge is 0.344 e.